The number of imidazole rings is 5. The lowest BCUT2D eigenvalue weighted by atomic mass is 9.70. The second kappa shape index (κ2) is 26.9. The van der Waals surface area contributed by atoms with E-state index in [0.717, 1.165) is 62.6 Å². The highest BCUT2D eigenvalue weighted by atomic mass is 32.1. The van der Waals surface area contributed by atoms with Crippen LogP contribution in [0.5, 0.6) is 0 Å². The summed E-state index contributed by atoms with van der Waals surface area (Å²) in [5.41, 5.74) is 11.1. The largest absolute Gasteiger partial charge is 0.393 e. The fourth-order valence-corrected chi connectivity index (χ4v) is 23.4. The fraction of sp³-hybridized carbons (Fsp3) is 0.527. The molecule has 15 nitrogen and oxygen atoms in total. The van der Waals surface area contributed by atoms with Crippen LogP contribution in [0.3, 0.4) is 0 Å². The predicted octanol–water partition coefficient (Wildman–Crippen LogP) is 17.3. The maximum atomic E-state index is 14.7. The Labute approximate surface area is 583 Å². The molecule has 10 aliphatic rings. The zero-order chi connectivity index (χ0) is 66.3. The van der Waals surface area contributed by atoms with E-state index in [1.165, 1.54) is 102 Å². The van der Waals surface area contributed by atoms with Crippen LogP contribution in [0.4, 0.5) is 13.2 Å². The molecule has 20 rings (SSSR count). The Bertz CT molecular complexity index is 4110. The van der Waals surface area contributed by atoms with Crippen LogP contribution >= 0.6 is 56.7 Å². The zero-order valence-electron chi connectivity index (χ0n) is 54.7. The number of rotatable bonds is 11. The average Bonchev–Trinajstić information content (AvgIpc) is 1.61. The third kappa shape index (κ3) is 12.1. The van der Waals surface area contributed by atoms with Gasteiger partial charge < -0.3 is 48.0 Å². The van der Waals surface area contributed by atoms with Gasteiger partial charge in [0.25, 0.3) is 0 Å². The fourth-order valence-electron chi connectivity index (χ4n) is 18.0. The molecule has 97 heavy (non-hydrogen) atoms. The second-order valence-corrected chi connectivity index (χ2v) is 34.0. The number of hydrogen-bond acceptors (Lipinski definition) is 15. The standard InChI is InChI=1S/C18H24N2OS.C15H17FN2OS.C14H14F2N2OS.C14H16N2OS.C13H14N2OS/c1-18(2,17(21)12-6-4-3-5-7-12)16-15-13(8-9-22-15)14-10-19-11-20(14)16;16-15(4-6-19-7-5-15)3-1-12-14-11(2-8-20-14)13-9-17-10-18(12)13;15-14(16)4-8(5-14)12(19)3-10-13-9(1-2-20-13)11-6-17-7-18(10)11;17-10-3-1-9(2-4-10)13-14-11(5-6-18-14)12-7-15-8-16(12)13;16-11-3-1-2-9(11)12-13-8(4-5-17-13)10-6-14-7-15(10)12/h8-12,16-17,21H,3-7H2,1-2H3;2,8-10,12H,1,3-7H2;1-2,6-8,10,12,19H,3-5H2;5-10,13,17H,1-4H2;4-7,9,11-12,16H,1-3H2. The lowest BCUT2D eigenvalue weighted by Gasteiger charge is -2.42. The molecule has 0 bridgehead atoms. The zero-order valence-corrected chi connectivity index (χ0v) is 58.8. The molecule has 16 heterocycles. The topological polar surface area (TPSA) is 179 Å². The van der Waals surface area contributed by atoms with Crippen molar-refractivity contribution in [2.75, 3.05) is 13.2 Å². The molecule has 4 N–H and O–H groups in total. The first-order chi connectivity index (χ1) is 47.1. The molecule has 5 fully saturated rings. The third-order valence-electron chi connectivity index (χ3n) is 23.2. The maximum absolute atomic E-state index is 14.7. The van der Waals surface area contributed by atoms with Crippen molar-refractivity contribution in [2.45, 2.75) is 202 Å². The summed E-state index contributed by atoms with van der Waals surface area (Å²) in [6.07, 6.45) is 34.1. The van der Waals surface area contributed by atoms with E-state index in [1.807, 2.05) is 100 Å². The third-order valence-corrected chi connectivity index (χ3v) is 28.2. The molecule has 4 aliphatic carbocycles. The highest BCUT2D eigenvalue weighted by Crippen LogP contribution is 2.56. The van der Waals surface area contributed by atoms with E-state index in [0.29, 0.717) is 68.7 Å². The van der Waals surface area contributed by atoms with Gasteiger partial charge in [-0.2, -0.15) is 0 Å². The smallest absolute Gasteiger partial charge is 0.248 e. The van der Waals surface area contributed by atoms with Gasteiger partial charge >= 0.3 is 0 Å². The van der Waals surface area contributed by atoms with Crippen LogP contribution < -0.4 is 0 Å². The van der Waals surface area contributed by atoms with Gasteiger partial charge in [0.15, 0.2) is 0 Å². The minimum Gasteiger partial charge on any atom is -0.393 e. The van der Waals surface area contributed by atoms with Crippen LogP contribution in [0.15, 0.2) is 120 Å². The summed E-state index contributed by atoms with van der Waals surface area (Å²) in [5.74, 6) is -1.39. The first-order valence-corrected chi connectivity index (χ1v) is 39.4. The minimum atomic E-state index is -2.57. The normalized spacial score (nSPS) is 26.3. The maximum Gasteiger partial charge on any atom is 0.248 e. The van der Waals surface area contributed by atoms with Crippen LogP contribution in [0, 0.1) is 29.1 Å². The summed E-state index contributed by atoms with van der Waals surface area (Å²) < 4.78 is 56.9. The average molecular weight is 1410 g/mol. The Morgan fingerprint density at radius 1 is 0.526 bits per heavy atom. The quantitative estimate of drug-likeness (QED) is 0.0974. The van der Waals surface area contributed by atoms with Crippen molar-refractivity contribution in [3.63, 3.8) is 0 Å². The Morgan fingerprint density at radius 2 is 0.990 bits per heavy atom. The first-order valence-electron chi connectivity index (χ1n) is 35.0. The van der Waals surface area contributed by atoms with Crippen LogP contribution in [-0.4, -0.2) is 117 Å². The minimum absolute atomic E-state index is 0.0340. The van der Waals surface area contributed by atoms with Crippen molar-refractivity contribution in [3.8, 4) is 56.3 Å². The number of ether oxygens (including phenoxy) is 1. The molecule has 10 aromatic rings. The van der Waals surface area contributed by atoms with Crippen molar-refractivity contribution >= 4 is 56.7 Å². The molecule has 512 valence electrons. The van der Waals surface area contributed by atoms with E-state index in [2.05, 4.69) is 109 Å². The van der Waals surface area contributed by atoms with E-state index >= 15 is 0 Å². The van der Waals surface area contributed by atoms with Crippen molar-refractivity contribution in [1.29, 1.82) is 0 Å². The van der Waals surface area contributed by atoms with Crippen molar-refractivity contribution in [2.24, 2.45) is 29.1 Å². The van der Waals surface area contributed by atoms with E-state index < -0.39 is 17.7 Å². The molecule has 9 atom stereocenters. The summed E-state index contributed by atoms with van der Waals surface area (Å²) in [5, 5.41) is 51.8. The van der Waals surface area contributed by atoms with Gasteiger partial charge in [-0.05, 0) is 146 Å². The molecule has 0 spiro atoms. The highest BCUT2D eigenvalue weighted by Gasteiger charge is 2.50. The summed E-state index contributed by atoms with van der Waals surface area (Å²) in [6.45, 7) is 5.58. The summed E-state index contributed by atoms with van der Waals surface area (Å²) in [7, 11) is 0. The molecule has 1 saturated heterocycles. The van der Waals surface area contributed by atoms with Gasteiger partial charge in [-0.3, -0.25) is 0 Å². The van der Waals surface area contributed by atoms with Gasteiger partial charge in [0.1, 0.15) is 5.67 Å². The highest BCUT2D eigenvalue weighted by molar-refractivity contribution is 7.11. The molecule has 0 aromatic carbocycles. The SMILES string of the molecule is CC(C)(C(O)C1CCCCC1)C1c2sccc2-c2cncn21.FC1(CCC2c3sccc3-c3cncn32)CCOCC1.OC(CC1c2sccc2-c2cncn21)C1CC(F)(F)C1.OC1CCC(C2c3sccc3-c3cncn32)CC1.OC1CCCC1C1c2sccc2-c2cncn21. The number of thiophene rings is 5. The number of alkyl halides is 3. The van der Waals surface area contributed by atoms with Crippen molar-refractivity contribution in [3.05, 3.63) is 144 Å². The summed E-state index contributed by atoms with van der Waals surface area (Å²) in [6, 6.07) is 12.1. The molecular formula is C74H85F3N10O5S5. The van der Waals surface area contributed by atoms with E-state index in [-0.39, 0.29) is 60.6 Å². The van der Waals surface area contributed by atoms with Gasteiger partial charge in [-0.15, -0.1) is 56.7 Å². The van der Waals surface area contributed by atoms with E-state index in [1.54, 1.807) is 29.0 Å². The van der Waals surface area contributed by atoms with Crippen LogP contribution in [0.1, 0.15) is 190 Å². The van der Waals surface area contributed by atoms with Crippen LogP contribution in [0.25, 0.3) is 56.3 Å². The molecule has 0 amide bonds. The molecular weight excluding hydrogens is 1330 g/mol. The molecule has 9 unspecified atom stereocenters. The molecule has 4 saturated carbocycles. The predicted molar refractivity (Wildman–Crippen MR) is 377 cm³/mol. The number of hydrogen-bond donors (Lipinski definition) is 4. The van der Waals surface area contributed by atoms with Gasteiger partial charge in [0.2, 0.25) is 5.92 Å². The number of halogens is 3. The summed E-state index contributed by atoms with van der Waals surface area (Å²) >= 11 is 8.91. The Kier molecular flexibility index (Phi) is 18.2. The van der Waals surface area contributed by atoms with E-state index in [4.69, 9.17) is 4.74 Å². The number of aliphatic hydroxyl groups excluding tert-OH is 4. The van der Waals surface area contributed by atoms with Gasteiger partial charge in [-0.25, -0.2) is 38.1 Å². The Morgan fingerprint density at radius 3 is 1.55 bits per heavy atom. The molecule has 10 aromatic heterocycles. The number of aliphatic hydroxyl groups is 4. The molecule has 6 aliphatic heterocycles. The second-order valence-electron chi connectivity index (χ2n) is 29.3. The summed E-state index contributed by atoms with van der Waals surface area (Å²) in [4.78, 5) is 28.1. The van der Waals surface area contributed by atoms with E-state index in [9.17, 15) is 33.6 Å². The Hall–Kier alpha value is -5.86. The Balaban J connectivity index is 0.0000000953. The van der Waals surface area contributed by atoms with Crippen molar-refractivity contribution < 1.29 is 38.3 Å². The first kappa shape index (κ1) is 65.7. The monoisotopic (exact) mass is 1410 g/mol. The molecule has 23 heteroatoms. The lowest BCUT2D eigenvalue weighted by Crippen LogP contribution is -2.42. The van der Waals surface area contributed by atoms with Crippen LogP contribution in [-0.2, 0) is 4.74 Å². The number of fused-ring (bicyclic) bond motifs is 15. The van der Waals surface area contributed by atoms with Gasteiger partial charge in [-0.1, -0.05) is 39.5 Å². The molecule has 0 radical (unpaired) electrons. The van der Waals surface area contributed by atoms with Gasteiger partial charge in [0.05, 0.1) is 146 Å². The number of aromatic nitrogens is 10. The van der Waals surface area contributed by atoms with Crippen molar-refractivity contribution in [1.82, 2.24) is 47.8 Å². The number of nitrogens with zero attached hydrogens (tertiary/aromatic N) is 10. The van der Waals surface area contributed by atoms with Crippen LogP contribution in [0.2, 0.25) is 0 Å². The lowest BCUT2D eigenvalue weighted by molar-refractivity contribution is -0.143. The van der Waals surface area contributed by atoms with Gasteiger partial charge in [0, 0.05) is 102 Å².